The first-order valence-corrected chi connectivity index (χ1v) is 12.1. The summed E-state index contributed by atoms with van der Waals surface area (Å²) in [7, 11) is 0. The fourth-order valence-electron chi connectivity index (χ4n) is 3.26. The predicted octanol–water partition coefficient (Wildman–Crippen LogP) is 5.58. The molecule has 7 nitrogen and oxygen atoms in total. The molecule has 2 rings (SSSR count). The smallest absolute Gasteiger partial charge is 0.341 e. The Kier molecular flexibility index (Phi) is 10.4. The van der Waals surface area contributed by atoms with Crippen LogP contribution in [0.25, 0.3) is 0 Å². The number of unbranched alkanes of at least 4 members (excludes halogenated alkanes) is 1. The monoisotopic (exact) mass is 475 g/mol. The molecule has 1 aromatic heterocycles. The van der Waals surface area contributed by atoms with E-state index < -0.39 is 5.97 Å². The molecule has 0 radical (unpaired) electrons. The van der Waals surface area contributed by atoms with E-state index in [-0.39, 0.29) is 30.3 Å². The van der Waals surface area contributed by atoms with Gasteiger partial charge in [0.2, 0.25) is 5.91 Å². The quantitative estimate of drug-likeness (QED) is 0.231. The minimum atomic E-state index is -0.547. The van der Waals surface area contributed by atoms with Crippen LogP contribution in [-0.2, 0) is 16.0 Å². The van der Waals surface area contributed by atoms with Gasteiger partial charge >= 0.3 is 5.97 Å². The molecule has 1 N–H and O–H groups in total. The standard InChI is InChI=1S/C25H33NO6S/c1-6-9-14-32-19-12-10-18(15-20(19)30-7-2)11-13-21(28)26-24-22(25(29)31-8-3)16(4)23(33-24)17(5)27/h10,12,15H,6-9,11,13-14H2,1-5H3,(H,26,28). The molecule has 1 aromatic carbocycles. The number of esters is 1. The van der Waals surface area contributed by atoms with Gasteiger partial charge in [0.15, 0.2) is 17.3 Å². The van der Waals surface area contributed by atoms with Crippen molar-refractivity contribution in [3.63, 3.8) is 0 Å². The second-order valence-electron chi connectivity index (χ2n) is 7.50. The number of Topliss-reactive ketones (excluding diaryl/α,β-unsaturated/α-hetero) is 1. The summed E-state index contributed by atoms with van der Waals surface area (Å²) >= 11 is 1.10. The van der Waals surface area contributed by atoms with Gasteiger partial charge in [-0.1, -0.05) is 19.4 Å². The second-order valence-corrected chi connectivity index (χ2v) is 8.52. The van der Waals surface area contributed by atoms with E-state index in [1.807, 2.05) is 25.1 Å². The van der Waals surface area contributed by atoms with E-state index in [9.17, 15) is 14.4 Å². The van der Waals surface area contributed by atoms with Crippen molar-refractivity contribution < 1.29 is 28.6 Å². The Balaban J connectivity index is 2.11. The Bertz CT molecular complexity index is 982. The Morgan fingerprint density at radius 3 is 2.42 bits per heavy atom. The number of carbonyl (C=O) groups excluding carboxylic acids is 3. The van der Waals surface area contributed by atoms with Gasteiger partial charge in [0.25, 0.3) is 0 Å². The summed E-state index contributed by atoms with van der Waals surface area (Å²) in [6, 6.07) is 5.68. The second kappa shape index (κ2) is 13.0. The molecule has 33 heavy (non-hydrogen) atoms. The Hall–Kier alpha value is -2.87. The number of aryl methyl sites for hydroxylation is 1. The van der Waals surface area contributed by atoms with Crippen LogP contribution in [0.15, 0.2) is 18.2 Å². The highest BCUT2D eigenvalue weighted by molar-refractivity contribution is 7.18. The number of ether oxygens (including phenoxy) is 3. The topological polar surface area (TPSA) is 90.9 Å². The maximum absolute atomic E-state index is 12.7. The number of rotatable bonds is 13. The molecule has 1 heterocycles. The largest absolute Gasteiger partial charge is 0.490 e. The Morgan fingerprint density at radius 1 is 1.03 bits per heavy atom. The summed E-state index contributed by atoms with van der Waals surface area (Å²) < 4.78 is 16.6. The van der Waals surface area contributed by atoms with Crippen molar-refractivity contribution in [3.8, 4) is 11.5 Å². The minimum Gasteiger partial charge on any atom is -0.490 e. The van der Waals surface area contributed by atoms with Crippen LogP contribution in [0.3, 0.4) is 0 Å². The third-order valence-corrected chi connectivity index (χ3v) is 6.21. The highest BCUT2D eigenvalue weighted by Crippen LogP contribution is 2.34. The summed E-state index contributed by atoms with van der Waals surface area (Å²) in [6.07, 6.45) is 2.71. The van der Waals surface area contributed by atoms with Gasteiger partial charge in [0.1, 0.15) is 5.00 Å². The van der Waals surface area contributed by atoms with E-state index >= 15 is 0 Å². The van der Waals surface area contributed by atoms with Crippen LogP contribution in [0.5, 0.6) is 11.5 Å². The normalized spacial score (nSPS) is 10.6. The van der Waals surface area contributed by atoms with E-state index in [0.29, 0.717) is 46.6 Å². The first kappa shape index (κ1) is 26.4. The number of carbonyl (C=O) groups is 3. The van der Waals surface area contributed by atoms with Crippen LogP contribution in [-0.4, -0.2) is 37.5 Å². The van der Waals surface area contributed by atoms with Gasteiger partial charge < -0.3 is 19.5 Å². The molecule has 0 spiro atoms. The maximum Gasteiger partial charge on any atom is 0.341 e. The highest BCUT2D eigenvalue weighted by atomic mass is 32.1. The van der Waals surface area contributed by atoms with Crippen molar-refractivity contribution in [2.24, 2.45) is 0 Å². The molecule has 0 fully saturated rings. The van der Waals surface area contributed by atoms with Crippen molar-refractivity contribution in [2.45, 2.75) is 60.3 Å². The fraction of sp³-hybridized carbons (Fsp3) is 0.480. The van der Waals surface area contributed by atoms with Gasteiger partial charge in [-0.3, -0.25) is 9.59 Å². The lowest BCUT2D eigenvalue weighted by Crippen LogP contribution is -2.15. The number of anilines is 1. The molecular weight excluding hydrogens is 442 g/mol. The lowest BCUT2D eigenvalue weighted by molar-refractivity contribution is -0.116. The third-order valence-electron chi connectivity index (χ3n) is 4.90. The summed E-state index contributed by atoms with van der Waals surface area (Å²) in [6.45, 7) is 10.2. The fourth-order valence-corrected chi connectivity index (χ4v) is 4.36. The van der Waals surface area contributed by atoms with Crippen molar-refractivity contribution in [1.29, 1.82) is 0 Å². The van der Waals surface area contributed by atoms with Gasteiger partial charge in [0, 0.05) is 6.42 Å². The summed E-state index contributed by atoms with van der Waals surface area (Å²) in [4.78, 5) is 37.4. The number of amides is 1. The van der Waals surface area contributed by atoms with Gasteiger partial charge in [-0.2, -0.15) is 0 Å². The molecule has 0 atom stereocenters. The SMILES string of the molecule is CCCCOc1ccc(CCC(=O)Nc2sc(C(C)=O)c(C)c2C(=O)OCC)cc1OCC. The minimum absolute atomic E-state index is 0.159. The van der Waals surface area contributed by atoms with Crippen LogP contribution < -0.4 is 14.8 Å². The van der Waals surface area contributed by atoms with Crippen LogP contribution in [0.4, 0.5) is 5.00 Å². The van der Waals surface area contributed by atoms with Gasteiger partial charge in [-0.25, -0.2) is 4.79 Å². The van der Waals surface area contributed by atoms with Crippen molar-refractivity contribution >= 4 is 34.0 Å². The summed E-state index contributed by atoms with van der Waals surface area (Å²) in [5.74, 6) is 0.403. The molecule has 2 aromatic rings. The van der Waals surface area contributed by atoms with E-state index in [4.69, 9.17) is 14.2 Å². The van der Waals surface area contributed by atoms with E-state index in [1.54, 1.807) is 13.8 Å². The number of benzene rings is 1. The lowest BCUT2D eigenvalue weighted by atomic mass is 10.1. The molecule has 0 bridgehead atoms. The first-order valence-electron chi connectivity index (χ1n) is 11.3. The van der Waals surface area contributed by atoms with Crippen molar-refractivity contribution in [2.75, 3.05) is 25.1 Å². The number of ketones is 1. The molecular formula is C25H33NO6S. The third kappa shape index (κ3) is 7.32. The molecule has 0 unspecified atom stereocenters. The number of hydrogen-bond donors (Lipinski definition) is 1. The van der Waals surface area contributed by atoms with Gasteiger partial charge in [0.05, 0.1) is 30.3 Å². The maximum atomic E-state index is 12.7. The van der Waals surface area contributed by atoms with E-state index in [0.717, 1.165) is 29.7 Å². The molecule has 0 aliphatic carbocycles. The average Bonchev–Trinajstić information content (AvgIpc) is 3.10. The summed E-state index contributed by atoms with van der Waals surface area (Å²) in [5.41, 5.74) is 1.71. The lowest BCUT2D eigenvalue weighted by Gasteiger charge is -2.13. The zero-order valence-electron chi connectivity index (χ0n) is 20.0. The molecule has 0 aliphatic heterocycles. The number of nitrogens with one attached hydrogen (secondary N) is 1. The summed E-state index contributed by atoms with van der Waals surface area (Å²) in [5, 5.41) is 3.14. The Labute approximate surface area is 199 Å². The predicted molar refractivity (Wildman–Crippen MR) is 130 cm³/mol. The zero-order chi connectivity index (χ0) is 24.4. The first-order chi connectivity index (χ1) is 15.8. The van der Waals surface area contributed by atoms with Crippen LogP contribution in [0, 0.1) is 6.92 Å². The Morgan fingerprint density at radius 2 is 1.79 bits per heavy atom. The molecule has 0 aliphatic rings. The van der Waals surface area contributed by atoms with Crippen molar-refractivity contribution in [3.05, 3.63) is 39.8 Å². The van der Waals surface area contributed by atoms with Crippen LogP contribution in [0.1, 0.15) is 78.1 Å². The number of hydrogen-bond acceptors (Lipinski definition) is 7. The molecule has 0 saturated carbocycles. The molecule has 0 saturated heterocycles. The van der Waals surface area contributed by atoms with Gasteiger partial charge in [-0.05, 0) is 63.8 Å². The highest BCUT2D eigenvalue weighted by Gasteiger charge is 2.25. The molecule has 8 heteroatoms. The van der Waals surface area contributed by atoms with E-state index in [1.165, 1.54) is 6.92 Å². The average molecular weight is 476 g/mol. The van der Waals surface area contributed by atoms with Gasteiger partial charge in [-0.15, -0.1) is 11.3 Å². The van der Waals surface area contributed by atoms with E-state index in [2.05, 4.69) is 12.2 Å². The molecule has 1 amide bonds. The van der Waals surface area contributed by atoms with Crippen molar-refractivity contribution in [1.82, 2.24) is 0 Å². The number of thiophene rings is 1. The zero-order valence-corrected chi connectivity index (χ0v) is 20.9. The van der Waals surface area contributed by atoms with Crippen LogP contribution in [0.2, 0.25) is 0 Å². The van der Waals surface area contributed by atoms with Crippen LogP contribution >= 0.6 is 11.3 Å². The molecule has 180 valence electrons.